The summed E-state index contributed by atoms with van der Waals surface area (Å²) in [6.07, 6.45) is 2.51. The SMILES string of the molecule is CCC(C)S(=O)(=O)Nc1ccc(Nc2nc(NCCCN(CC)CC)nc(NCCCN(CC)CC)n2)cc1. The van der Waals surface area contributed by atoms with E-state index in [0.29, 0.717) is 30.0 Å². The van der Waals surface area contributed by atoms with Gasteiger partial charge in [-0.05, 0) is 89.7 Å². The van der Waals surface area contributed by atoms with Gasteiger partial charge in [-0.15, -0.1) is 0 Å². The Hall–Kier alpha value is -2.70. The van der Waals surface area contributed by atoms with Crippen molar-refractivity contribution in [3.63, 3.8) is 0 Å². The van der Waals surface area contributed by atoms with Gasteiger partial charge in [0.2, 0.25) is 27.9 Å². The molecule has 1 heterocycles. The van der Waals surface area contributed by atoms with Gasteiger partial charge in [0.15, 0.2) is 0 Å². The third-order valence-electron chi connectivity index (χ3n) is 6.80. The van der Waals surface area contributed by atoms with Crippen LogP contribution in [0.3, 0.4) is 0 Å². The highest BCUT2D eigenvalue weighted by Crippen LogP contribution is 2.20. The molecule has 1 unspecified atom stereocenters. The zero-order valence-electron chi connectivity index (χ0n) is 24.6. The Morgan fingerprint density at radius 3 is 1.59 bits per heavy atom. The van der Waals surface area contributed by atoms with Crippen LogP contribution in [0.1, 0.15) is 60.8 Å². The van der Waals surface area contributed by atoms with Crippen molar-refractivity contribution in [2.45, 2.75) is 66.1 Å². The molecule has 0 spiro atoms. The molecule has 0 aliphatic carbocycles. The van der Waals surface area contributed by atoms with E-state index in [9.17, 15) is 8.42 Å². The van der Waals surface area contributed by atoms with E-state index in [1.165, 1.54) is 0 Å². The van der Waals surface area contributed by atoms with E-state index in [4.69, 9.17) is 0 Å². The molecule has 0 aliphatic heterocycles. The Bertz CT molecular complexity index is 1020. The topological polar surface area (TPSA) is 127 Å². The maximum absolute atomic E-state index is 12.4. The van der Waals surface area contributed by atoms with Gasteiger partial charge in [0.25, 0.3) is 0 Å². The van der Waals surface area contributed by atoms with Crippen molar-refractivity contribution in [2.75, 3.05) is 73.0 Å². The third kappa shape index (κ3) is 11.5. The highest BCUT2D eigenvalue weighted by molar-refractivity contribution is 7.93. The number of hydrogen-bond acceptors (Lipinski definition) is 10. The molecular formula is C27H49N9O2S. The normalized spacial score (nSPS) is 12.5. The lowest BCUT2D eigenvalue weighted by Gasteiger charge is -2.18. The van der Waals surface area contributed by atoms with E-state index in [-0.39, 0.29) is 0 Å². The molecule has 2 rings (SSSR count). The molecule has 220 valence electrons. The van der Waals surface area contributed by atoms with Crippen LogP contribution < -0.4 is 20.7 Å². The number of hydrogen-bond donors (Lipinski definition) is 4. The molecule has 0 aliphatic rings. The summed E-state index contributed by atoms with van der Waals surface area (Å²) < 4.78 is 27.4. The van der Waals surface area contributed by atoms with Crippen LogP contribution in [0.2, 0.25) is 0 Å². The molecule has 39 heavy (non-hydrogen) atoms. The Morgan fingerprint density at radius 1 is 0.718 bits per heavy atom. The van der Waals surface area contributed by atoms with Crippen LogP contribution in [0.5, 0.6) is 0 Å². The minimum absolute atomic E-state index is 0.412. The van der Waals surface area contributed by atoms with Crippen LogP contribution in [0.25, 0.3) is 0 Å². The monoisotopic (exact) mass is 563 g/mol. The van der Waals surface area contributed by atoms with Crippen molar-refractivity contribution in [1.29, 1.82) is 0 Å². The Morgan fingerprint density at radius 2 is 1.15 bits per heavy atom. The summed E-state index contributed by atoms with van der Waals surface area (Å²) in [5, 5.41) is 9.44. The smallest absolute Gasteiger partial charge is 0.235 e. The molecule has 11 nitrogen and oxygen atoms in total. The summed E-state index contributed by atoms with van der Waals surface area (Å²) in [4.78, 5) is 18.5. The molecular weight excluding hydrogens is 514 g/mol. The minimum Gasteiger partial charge on any atom is -0.354 e. The van der Waals surface area contributed by atoms with Crippen LogP contribution in [-0.4, -0.2) is 90.8 Å². The van der Waals surface area contributed by atoms with Gasteiger partial charge in [-0.25, -0.2) is 8.42 Å². The fourth-order valence-corrected chi connectivity index (χ4v) is 5.01. The number of nitrogens with zero attached hydrogens (tertiary/aromatic N) is 5. The number of nitrogens with one attached hydrogen (secondary N) is 4. The lowest BCUT2D eigenvalue weighted by Crippen LogP contribution is -2.26. The quantitative estimate of drug-likeness (QED) is 0.172. The summed E-state index contributed by atoms with van der Waals surface area (Å²) >= 11 is 0. The van der Waals surface area contributed by atoms with Gasteiger partial charge in [-0.2, -0.15) is 15.0 Å². The number of benzene rings is 1. The Kier molecular flexibility index (Phi) is 14.2. The summed E-state index contributed by atoms with van der Waals surface area (Å²) in [7, 11) is -3.41. The standard InChI is InChI=1S/C27H49N9O2S/c1-7-22(6)39(37,38)34-24-16-14-23(15-17-24)30-27-32-25(28-18-12-20-35(8-2)9-3)31-26(33-27)29-19-13-21-36(10-4)11-5/h14-17,22,34H,7-13,18-21H2,1-6H3,(H3,28,29,30,31,32,33). The molecule has 1 atom stereocenters. The first-order valence-corrected chi connectivity index (χ1v) is 15.9. The highest BCUT2D eigenvalue weighted by atomic mass is 32.2. The maximum Gasteiger partial charge on any atom is 0.235 e. The molecule has 12 heteroatoms. The van der Waals surface area contributed by atoms with Crippen LogP contribution in [0, 0.1) is 0 Å². The van der Waals surface area contributed by atoms with E-state index in [1.54, 1.807) is 31.2 Å². The molecule has 1 aromatic carbocycles. The molecule has 0 saturated heterocycles. The van der Waals surface area contributed by atoms with Crippen molar-refractivity contribution in [2.24, 2.45) is 0 Å². The molecule has 0 bridgehead atoms. The minimum atomic E-state index is -3.41. The second-order valence-electron chi connectivity index (χ2n) is 9.49. The predicted octanol–water partition coefficient (Wildman–Crippen LogP) is 4.44. The zero-order valence-corrected chi connectivity index (χ0v) is 25.4. The molecule has 0 fully saturated rings. The van der Waals surface area contributed by atoms with Crippen molar-refractivity contribution >= 4 is 39.2 Å². The lowest BCUT2D eigenvalue weighted by molar-refractivity contribution is 0.303. The van der Waals surface area contributed by atoms with E-state index >= 15 is 0 Å². The van der Waals surface area contributed by atoms with Crippen LogP contribution in [0.15, 0.2) is 24.3 Å². The lowest BCUT2D eigenvalue weighted by atomic mass is 10.3. The van der Waals surface area contributed by atoms with Gasteiger partial charge < -0.3 is 25.8 Å². The van der Waals surface area contributed by atoms with Crippen LogP contribution in [0.4, 0.5) is 29.2 Å². The van der Waals surface area contributed by atoms with Crippen molar-refractivity contribution in [1.82, 2.24) is 24.8 Å². The second-order valence-corrected chi connectivity index (χ2v) is 11.6. The molecule has 0 saturated carbocycles. The van der Waals surface area contributed by atoms with Gasteiger partial charge in [0.1, 0.15) is 0 Å². The fourth-order valence-electron chi connectivity index (χ4n) is 3.91. The highest BCUT2D eigenvalue weighted by Gasteiger charge is 2.18. The van der Waals surface area contributed by atoms with E-state index in [2.05, 4.69) is 73.1 Å². The first kappa shape index (κ1) is 32.5. The van der Waals surface area contributed by atoms with E-state index in [0.717, 1.165) is 70.9 Å². The van der Waals surface area contributed by atoms with Gasteiger partial charge in [0.05, 0.1) is 5.25 Å². The van der Waals surface area contributed by atoms with Gasteiger partial charge in [0, 0.05) is 24.5 Å². The first-order valence-electron chi connectivity index (χ1n) is 14.3. The Balaban J connectivity index is 2.09. The molecule has 0 amide bonds. The van der Waals surface area contributed by atoms with Crippen molar-refractivity contribution < 1.29 is 8.42 Å². The van der Waals surface area contributed by atoms with Crippen molar-refractivity contribution in [3.8, 4) is 0 Å². The fraction of sp³-hybridized carbons (Fsp3) is 0.667. The van der Waals surface area contributed by atoms with Gasteiger partial charge >= 0.3 is 0 Å². The van der Waals surface area contributed by atoms with E-state index < -0.39 is 15.3 Å². The second kappa shape index (κ2) is 17.1. The first-order chi connectivity index (χ1) is 18.7. The summed E-state index contributed by atoms with van der Waals surface area (Å²) in [5.41, 5.74) is 1.26. The average Bonchev–Trinajstić information content (AvgIpc) is 2.93. The zero-order chi connectivity index (χ0) is 28.7. The molecule has 0 radical (unpaired) electrons. The maximum atomic E-state index is 12.4. The summed E-state index contributed by atoms with van der Waals surface area (Å²) in [6, 6.07) is 7.05. The molecule has 2 aromatic rings. The Labute approximate surface area is 235 Å². The molecule has 4 N–H and O–H groups in total. The van der Waals surface area contributed by atoms with Crippen molar-refractivity contribution in [3.05, 3.63) is 24.3 Å². The van der Waals surface area contributed by atoms with Crippen LogP contribution in [-0.2, 0) is 10.0 Å². The predicted molar refractivity (Wildman–Crippen MR) is 164 cm³/mol. The largest absolute Gasteiger partial charge is 0.354 e. The number of aromatic nitrogens is 3. The third-order valence-corrected chi connectivity index (χ3v) is 8.71. The van der Waals surface area contributed by atoms with E-state index in [1.807, 2.05) is 6.92 Å². The van der Waals surface area contributed by atoms with Gasteiger partial charge in [-0.3, -0.25) is 4.72 Å². The average molecular weight is 564 g/mol. The summed E-state index contributed by atoms with van der Waals surface area (Å²) in [6.45, 7) is 19.9. The number of anilines is 5. The number of rotatable bonds is 20. The van der Waals surface area contributed by atoms with Gasteiger partial charge in [-0.1, -0.05) is 34.6 Å². The molecule has 1 aromatic heterocycles. The summed E-state index contributed by atoms with van der Waals surface area (Å²) in [5.74, 6) is 1.43. The van der Waals surface area contributed by atoms with Crippen LogP contribution >= 0.6 is 0 Å². The number of sulfonamides is 1.